The standard InChI is InChI=1S/C29H33NO5/c31-21-10-9-20-16-23-29(33)13-12-22(34-24(32)11-8-18-4-2-1-3-5-18)27-28(29,25(20)26(21)35-27)14-15-30(23)17-19-6-7-19/h1-5,9-10,19,22-23,27,31,33H,6-8,11-17H2/t22-,23-,27+,28+,29-/m1/s1. The molecule has 3 fully saturated rings. The SMILES string of the molecule is O=C(CCc1ccccc1)O[C@@H]1CC[C@@]2(O)[C@H]3Cc4ccc(O)c5c4[C@@]2(CCN3CC2CC2)[C@H]1O5. The van der Waals surface area contributed by atoms with Gasteiger partial charge >= 0.3 is 5.97 Å². The lowest BCUT2D eigenvalue weighted by Gasteiger charge is -2.64. The fourth-order valence-corrected chi connectivity index (χ4v) is 7.68. The lowest BCUT2D eigenvalue weighted by Crippen LogP contribution is -2.77. The van der Waals surface area contributed by atoms with Gasteiger partial charge in [0.2, 0.25) is 0 Å². The predicted molar refractivity (Wildman–Crippen MR) is 129 cm³/mol. The average Bonchev–Trinajstić information content (AvgIpc) is 3.60. The van der Waals surface area contributed by atoms with Crippen molar-refractivity contribution in [1.82, 2.24) is 4.90 Å². The highest BCUT2D eigenvalue weighted by molar-refractivity contribution is 5.70. The number of benzene rings is 2. The van der Waals surface area contributed by atoms with Crippen molar-refractivity contribution < 1.29 is 24.5 Å². The van der Waals surface area contributed by atoms with E-state index in [0.717, 1.165) is 48.5 Å². The highest BCUT2D eigenvalue weighted by Crippen LogP contribution is 2.65. The lowest BCUT2D eigenvalue weighted by molar-refractivity contribution is -0.216. The summed E-state index contributed by atoms with van der Waals surface area (Å²) < 4.78 is 12.5. The number of aliphatic hydroxyl groups is 1. The van der Waals surface area contributed by atoms with Crippen LogP contribution in [-0.2, 0) is 27.8 Å². The van der Waals surface area contributed by atoms with Crippen molar-refractivity contribution in [2.75, 3.05) is 13.1 Å². The minimum Gasteiger partial charge on any atom is -0.504 e. The minimum atomic E-state index is -0.955. The monoisotopic (exact) mass is 475 g/mol. The second kappa shape index (κ2) is 7.71. The molecule has 0 unspecified atom stereocenters. The molecule has 2 aliphatic heterocycles. The maximum atomic E-state index is 12.9. The van der Waals surface area contributed by atoms with E-state index >= 15 is 0 Å². The summed E-state index contributed by atoms with van der Waals surface area (Å²) in [6, 6.07) is 13.7. The second-order valence-electron chi connectivity index (χ2n) is 11.3. The van der Waals surface area contributed by atoms with Gasteiger partial charge in [-0.2, -0.15) is 0 Å². The van der Waals surface area contributed by atoms with Gasteiger partial charge < -0.3 is 19.7 Å². The van der Waals surface area contributed by atoms with E-state index in [1.807, 2.05) is 36.4 Å². The van der Waals surface area contributed by atoms with E-state index in [-0.39, 0.29) is 17.8 Å². The van der Waals surface area contributed by atoms with Gasteiger partial charge in [-0.15, -0.1) is 0 Å². The molecule has 35 heavy (non-hydrogen) atoms. The lowest BCUT2D eigenvalue weighted by atomic mass is 9.48. The van der Waals surface area contributed by atoms with Crippen LogP contribution in [0.3, 0.4) is 0 Å². The van der Waals surface area contributed by atoms with Crippen molar-refractivity contribution in [2.45, 2.75) is 80.6 Å². The Balaban J connectivity index is 1.20. The molecule has 5 atom stereocenters. The molecule has 0 amide bonds. The summed E-state index contributed by atoms with van der Waals surface area (Å²) >= 11 is 0. The van der Waals surface area contributed by atoms with Crippen LogP contribution in [0.15, 0.2) is 42.5 Å². The quantitative estimate of drug-likeness (QED) is 0.623. The third kappa shape index (κ3) is 3.12. The Bertz CT molecular complexity index is 1160. The topological polar surface area (TPSA) is 79.2 Å². The van der Waals surface area contributed by atoms with E-state index in [1.165, 1.54) is 12.8 Å². The van der Waals surface area contributed by atoms with Gasteiger partial charge in [-0.05, 0) is 74.6 Å². The molecule has 1 saturated heterocycles. The molecule has 2 heterocycles. The number of hydrogen-bond acceptors (Lipinski definition) is 6. The summed E-state index contributed by atoms with van der Waals surface area (Å²) in [6.07, 6.45) is 5.26. The number of likely N-dealkylation sites (tertiary alicyclic amines) is 1. The number of carbonyl (C=O) groups is 1. The first kappa shape index (κ1) is 21.7. The Morgan fingerprint density at radius 1 is 1.11 bits per heavy atom. The molecule has 1 spiro atoms. The smallest absolute Gasteiger partial charge is 0.306 e. The summed E-state index contributed by atoms with van der Waals surface area (Å²) in [5.74, 6) is 1.13. The zero-order valence-corrected chi connectivity index (χ0v) is 20.0. The van der Waals surface area contributed by atoms with Crippen LogP contribution in [0, 0.1) is 5.92 Å². The van der Waals surface area contributed by atoms with Crippen molar-refractivity contribution >= 4 is 5.97 Å². The first-order valence-electron chi connectivity index (χ1n) is 13.2. The van der Waals surface area contributed by atoms with Crippen molar-refractivity contribution in [3.05, 3.63) is 59.2 Å². The Morgan fingerprint density at radius 3 is 2.74 bits per heavy atom. The van der Waals surface area contributed by atoms with Gasteiger partial charge in [-0.3, -0.25) is 9.69 Å². The molecule has 5 aliphatic rings. The normalized spacial score (nSPS) is 34.7. The fourth-order valence-electron chi connectivity index (χ4n) is 7.68. The number of rotatable bonds is 6. The third-order valence-electron chi connectivity index (χ3n) is 9.45. The molecule has 6 nitrogen and oxygen atoms in total. The molecule has 2 bridgehead atoms. The zero-order chi connectivity index (χ0) is 23.8. The number of carbonyl (C=O) groups excluding carboxylic acids is 1. The van der Waals surface area contributed by atoms with Gasteiger partial charge in [0, 0.05) is 24.6 Å². The fraction of sp³-hybridized carbons (Fsp3) is 0.552. The molecule has 6 heteroatoms. The molecular formula is C29H33NO5. The maximum absolute atomic E-state index is 12.9. The van der Waals surface area contributed by atoms with E-state index in [4.69, 9.17) is 9.47 Å². The number of aryl methyl sites for hydroxylation is 1. The zero-order valence-electron chi connectivity index (χ0n) is 20.0. The van der Waals surface area contributed by atoms with E-state index in [0.29, 0.717) is 31.4 Å². The summed E-state index contributed by atoms with van der Waals surface area (Å²) in [4.78, 5) is 15.4. The number of nitrogens with zero attached hydrogens (tertiary/aromatic N) is 1. The first-order valence-corrected chi connectivity index (χ1v) is 13.2. The number of aromatic hydroxyl groups is 1. The second-order valence-corrected chi connectivity index (χ2v) is 11.3. The molecule has 2 N–H and O–H groups in total. The summed E-state index contributed by atoms with van der Waals surface area (Å²) in [6.45, 7) is 1.94. The molecule has 2 aromatic carbocycles. The molecule has 2 aromatic rings. The Labute approximate surface area is 205 Å². The number of esters is 1. The average molecular weight is 476 g/mol. The summed E-state index contributed by atoms with van der Waals surface area (Å²) in [5.41, 5.74) is 1.63. The predicted octanol–water partition coefficient (Wildman–Crippen LogP) is 3.50. The first-order chi connectivity index (χ1) is 17.0. The van der Waals surface area contributed by atoms with Crippen molar-refractivity contribution in [1.29, 1.82) is 0 Å². The van der Waals surface area contributed by atoms with Crippen LogP contribution < -0.4 is 4.74 Å². The molecule has 0 aromatic heterocycles. The van der Waals surface area contributed by atoms with Crippen LogP contribution in [0.5, 0.6) is 11.5 Å². The van der Waals surface area contributed by atoms with E-state index in [9.17, 15) is 15.0 Å². The number of piperidine rings is 1. The van der Waals surface area contributed by atoms with Gasteiger partial charge in [0.05, 0.1) is 11.0 Å². The van der Waals surface area contributed by atoms with Gasteiger partial charge in [-0.1, -0.05) is 36.4 Å². The van der Waals surface area contributed by atoms with Crippen molar-refractivity contribution in [3.63, 3.8) is 0 Å². The minimum absolute atomic E-state index is 0.0284. The highest BCUT2D eigenvalue weighted by Gasteiger charge is 2.73. The van der Waals surface area contributed by atoms with E-state index in [1.54, 1.807) is 6.07 Å². The van der Waals surface area contributed by atoms with Gasteiger partial charge in [0.25, 0.3) is 0 Å². The molecule has 2 saturated carbocycles. The van der Waals surface area contributed by atoms with E-state index in [2.05, 4.69) is 4.90 Å². The van der Waals surface area contributed by atoms with Gasteiger partial charge in [0.1, 0.15) is 12.2 Å². The number of phenols is 1. The van der Waals surface area contributed by atoms with Crippen LogP contribution in [-0.4, -0.2) is 58.0 Å². The van der Waals surface area contributed by atoms with Gasteiger partial charge in [-0.25, -0.2) is 0 Å². The number of phenolic OH excluding ortho intramolecular Hbond substituents is 1. The van der Waals surface area contributed by atoms with Crippen molar-refractivity contribution in [3.8, 4) is 11.5 Å². The summed E-state index contributed by atoms with van der Waals surface area (Å²) in [7, 11) is 0. The summed E-state index contributed by atoms with van der Waals surface area (Å²) in [5, 5.41) is 23.2. The van der Waals surface area contributed by atoms with Crippen LogP contribution in [0.25, 0.3) is 0 Å². The van der Waals surface area contributed by atoms with Gasteiger partial charge in [0.15, 0.2) is 11.5 Å². The number of ether oxygens (including phenoxy) is 2. The molecule has 184 valence electrons. The molecule has 3 aliphatic carbocycles. The number of hydrogen-bond donors (Lipinski definition) is 2. The Kier molecular flexibility index (Phi) is 4.78. The third-order valence-corrected chi connectivity index (χ3v) is 9.45. The molecule has 0 radical (unpaired) electrons. The Morgan fingerprint density at radius 2 is 1.94 bits per heavy atom. The van der Waals surface area contributed by atoms with Crippen molar-refractivity contribution in [2.24, 2.45) is 5.92 Å². The Hall–Kier alpha value is -2.57. The van der Waals surface area contributed by atoms with E-state index < -0.39 is 23.2 Å². The van der Waals surface area contributed by atoms with Crippen LogP contribution in [0.1, 0.15) is 55.2 Å². The highest BCUT2D eigenvalue weighted by atomic mass is 16.6. The van der Waals surface area contributed by atoms with Crippen LogP contribution >= 0.6 is 0 Å². The van der Waals surface area contributed by atoms with Crippen LogP contribution in [0.2, 0.25) is 0 Å². The maximum Gasteiger partial charge on any atom is 0.306 e. The molecule has 7 rings (SSSR count). The van der Waals surface area contributed by atoms with Crippen LogP contribution in [0.4, 0.5) is 0 Å². The largest absolute Gasteiger partial charge is 0.504 e. The molecular weight excluding hydrogens is 442 g/mol.